The predicted molar refractivity (Wildman–Crippen MR) is 56.8 cm³/mol. The molecule has 1 aliphatic carbocycles. The van der Waals surface area contributed by atoms with E-state index in [2.05, 4.69) is 0 Å². The molecule has 1 aromatic rings. The fourth-order valence-corrected chi connectivity index (χ4v) is 3.87. The van der Waals surface area contributed by atoms with E-state index in [4.69, 9.17) is 0 Å². The van der Waals surface area contributed by atoms with Gasteiger partial charge >= 0.3 is 0 Å². The van der Waals surface area contributed by atoms with E-state index in [9.17, 15) is 8.42 Å². The van der Waals surface area contributed by atoms with Crippen LogP contribution in [-0.4, -0.2) is 25.8 Å². The largest absolute Gasteiger partial charge is 0.243 e. The van der Waals surface area contributed by atoms with E-state index in [1.165, 1.54) is 6.42 Å². The Morgan fingerprint density at radius 2 is 1.67 bits per heavy atom. The van der Waals surface area contributed by atoms with Gasteiger partial charge in [0.25, 0.3) is 0 Å². The van der Waals surface area contributed by atoms with E-state index >= 15 is 0 Å². The third kappa shape index (κ3) is 1.48. The van der Waals surface area contributed by atoms with Crippen molar-refractivity contribution in [2.45, 2.75) is 11.3 Å². The second-order valence-corrected chi connectivity index (χ2v) is 6.33. The Labute approximate surface area is 89.8 Å². The molecule has 4 heteroatoms. The van der Waals surface area contributed by atoms with Crippen molar-refractivity contribution in [2.75, 3.05) is 13.1 Å². The summed E-state index contributed by atoms with van der Waals surface area (Å²) in [6.07, 6.45) is 1.22. The minimum absolute atomic E-state index is 0.423. The molecular weight excluding hydrogens is 210 g/mol. The summed E-state index contributed by atoms with van der Waals surface area (Å²) in [5, 5.41) is 0. The number of fused-ring (bicyclic) bond motifs is 1. The molecule has 1 saturated carbocycles. The Hall–Kier alpha value is -0.870. The van der Waals surface area contributed by atoms with Crippen molar-refractivity contribution < 1.29 is 8.42 Å². The van der Waals surface area contributed by atoms with Gasteiger partial charge in [-0.2, -0.15) is 4.31 Å². The first-order valence-corrected chi connectivity index (χ1v) is 6.67. The molecule has 0 unspecified atom stereocenters. The highest BCUT2D eigenvalue weighted by Gasteiger charge is 2.48. The molecule has 1 aliphatic heterocycles. The summed E-state index contributed by atoms with van der Waals surface area (Å²) in [6, 6.07) is 8.70. The number of hydrogen-bond acceptors (Lipinski definition) is 2. The van der Waals surface area contributed by atoms with Gasteiger partial charge in [0.1, 0.15) is 0 Å². The summed E-state index contributed by atoms with van der Waals surface area (Å²) in [5.74, 6) is 1.28. The molecule has 3 nitrogen and oxygen atoms in total. The number of rotatable bonds is 2. The topological polar surface area (TPSA) is 37.4 Å². The van der Waals surface area contributed by atoms with Crippen LogP contribution in [0.2, 0.25) is 0 Å². The molecule has 2 fully saturated rings. The van der Waals surface area contributed by atoms with Crippen molar-refractivity contribution >= 4 is 10.0 Å². The Morgan fingerprint density at radius 1 is 1.07 bits per heavy atom. The summed E-state index contributed by atoms with van der Waals surface area (Å²) in [7, 11) is -3.21. The van der Waals surface area contributed by atoms with Crippen LogP contribution in [0.3, 0.4) is 0 Å². The highest BCUT2D eigenvalue weighted by molar-refractivity contribution is 7.89. The van der Waals surface area contributed by atoms with E-state index in [0.717, 1.165) is 13.1 Å². The molecule has 2 aliphatic rings. The van der Waals surface area contributed by atoms with Gasteiger partial charge in [0, 0.05) is 13.1 Å². The predicted octanol–water partition coefficient (Wildman–Crippen LogP) is 1.33. The lowest BCUT2D eigenvalue weighted by atomic mass is 10.4. The van der Waals surface area contributed by atoms with Crippen molar-refractivity contribution in [3.63, 3.8) is 0 Å². The molecule has 3 rings (SSSR count). The van der Waals surface area contributed by atoms with Gasteiger partial charge in [-0.1, -0.05) is 18.2 Å². The van der Waals surface area contributed by atoms with E-state index in [1.54, 1.807) is 28.6 Å². The average molecular weight is 223 g/mol. The third-order valence-electron chi connectivity index (χ3n) is 3.33. The molecule has 15 heavy (non-hydrogen) atoms. The normalized spacial score (nSPS) is 30.1. The van der Waals surface area contributed by atoms with Gasteiger partial charge in [0.2, 0.25) is 10.0 Å². The van der Waals surface area contributed by atoms with Crippen molar-refractivity contribution in [3.05, 3.63) is 30.3 Å². The molecule has 0 N–H and O–H groups in total. The molecular formula is C11H13NO2S. The summed E-state index contributed by atoms with van der Waals surface area (Å²) >= 11 is 0. The van der Waals surface area contributed by atoms with Gasteiger partial charge in [-0.25, -0.2) is 8.42 Å². The van der Waals surface area contributed by atoms with Gasteiger partial charge in [-0.05, 0) is 30.4 Å². The van der Waals surface area contributed by atoms with Crippen LogP contribution in [0.25, 0.3) is 0 Å². The maximum absolute atomic E-state index is 12.1. The molecule has 1 aromatic carbocycles. The zero-order valence-corrected chi connectivity index (χ0v) is 9.15. The fraction of sp³-hybridized carbons (Fsp3) is 0.455. The van der Waals surface area contributed by atoms with Crippen LogP contribution >= 0.6 is 0 Å². The van der Waals surface area contributed by atoms with Gasteiger partial charge < -0.3 is 0 Å². The lowest BCUT2D eigenvalue weighted by molar-refractivity contribution is 0.443. The maximum Gasteiger partial charge on any atom is 0.243 e. The van der Waals surface area contributed by atoms with Crippen molar-refractivity contribution in [3.8, 4) is 0 Å². The first-order valence-electron chi connectivity index (χ1n) is 5.23. The molecule has 1 heterocycles. The molecule has 80 valence electrons. The Bertz CT molecular complexity index is 459. The standard InChI is InChI=1S/C11H13NO2S/c13-15(14,11-4-2-1-3-5-11)12-7-9-6-10(9)8-12/h1-5,9-10H,6-8H2/t9-,10+. The van der Waals surface area contributed by atoms with E-state index in [1.807, 2.05) is 6.07 Å². The zero-order valence-electron chi connectivity index (χ0n) is 8.33. The number of hydrogen-bond donors (Lipinski definition) is 0. The van der Waals surface area contributed by atoms with Crippen LogP contribution < -0.4 is 0 Å². The van der Waals surface area contributed by atoms with E-state index < -0.39 is 10.0 Å². The first-order chi connectivity index (χ1) is 7.18. The van der Waals surface area contributed by atoms with Gasteiger partial charge in [-0.3, -0.25) is 0 Å². The fourth-order valence-electron chi connectivity index (χ4n) is 2.29. The average Bonchev–Trinajstić information content (AvgIpc) is 2.87. The quantitative estimate of drug-likeness (QED) is 0.758. The second-order valence-electron chi connectivity index (χ2n) is 4.39. The van der Waals surface area contributed by atoms with Crippen LogP contribution in [-0.2, 0) is 10.0 Å². The molecule has 0 spiro atoms. The summed E-state index contributed by atoms with van der Waals surface area (Å²) < 4.78 is 25.9. The maximum atomic E-state index is 12.1. The Morgan fingerprint density at radius 3 is 2.27 bits per heavy atom. The lowest BCUT2D eigenvalue weighted by Gasteiger charge is -2.17. The molecule has 0 aromatic heterocycles. The second kappa shape index (κ2) is 3.06. The molecule has 1 saturated heterocycles. The first kappa shape index (κ1) is 9.36. The third-order valence-corrected chi connectivity index (χ3v) is 5.17. The van der Waals surface area contributed by atoms with Crippen molar-refractivity contribution in [2.24, 2.45) is 11.8 Å². The molecule has 0 amide bonds. The SMILES string of the molecule is O=S(=O)(c1ccccc1)N1C[C@H]2C[C@H]2C1. The molecule has 2 atom stereocenters. The summed E-state index contributed by atoms with van der Waals surface area (Å²) in [4.78, 5) is 0.423. The van der Waals surface area contributed by atoms with Gasteiger partial charge in [0.05, 0.1) is 4.90 Å². The number of sulfonamides is 1. The van der Waals surface area contributed by atoms with Crippen LogP contribution in [0.4, 0.5) is 0 Å². The lowest BCUT2D eigenvalue weighted by Crippen LogP contribution is -2.30. The summed E-state index contributed by atoms with van der Waals surface area (Å²) in [6.45, 7) is 1.45. The number of piperidine rings is 1. The minimum Gasteiger partial charge on any atom is -0.207 e. The van der Waals surface area contributed by atoms with Gasteiger partial charge in [0.15, 0.2) is 0 Å². The monoisotopic (exact) mass is 223 g/mol. The number of nitrogens with zero attached hydrogens (tertiary/aromatic N) is 1. The highest BCUT2D eigenvalue weighted by Crippen LogP contribution is 2.46. The van der Waals surface area contributed by atoms with Crippen LogP contribution in [0.15, 0.2) is 35.2 Å². The van der Waals surface area contributed by atoms with Crippen molar-refractivity contribution in [1.29, 1.82) is 0 Å². The highest BCUT2D eigenvalue weighted by atomic mass is 32.2. The van der Waals surface area contributed by atoms with Crippen LogP contribution in [0.1, 0.15) is 6.42 Å². The molecule has 0 bridgehead atoms. The van der Waals surface area contributed by atoms with Crippen molar-refractivity contribution in [1.82, 2.24) is 4.31 Å². The minimum atomic E-state index is -3.21. The Balaban J connectivity index is 1.91. The van der Waals surface area contributed by atoms with Gasteiger partial charge in [-0.15, -0.1) is 0 Å². The van der Waals surface area contributed by atoms with Crippen LogP contribution in [0.5, 0.6) is 0 Å². The number of benzene rings is 1. The smallest absolute Gasteiger partial charge is 0.207 e. The van der Waals surface area contributed by atoms with Crippen LogP contribution in [0, 0.1) is 11.8 Å². The van der Waals surface area contributed by atoms with E-state index in [-0.39, 0.29) is 0 Å². The molecule has 0 radical (unpaired) electrons. The Kier molecular flexibility index (Phi) is 1.91. The zero-order chi connectivity index (χ0) is 10.5. The summed E-state index contributed by atoms with van der Waals surface area (Å²) in [5.41, 5.74) is 0. The van der Waals surface area contributed by atoms with E-state index in [0.29, 0.717) is 16.7 Å².